The van der Waals surface area contributed by atoms with E-state index >= 15 is 0 Å². The lowest BCUT2D eigenvalue weighted by Crippen LogP contribution is -2.27. The van der Waals surface area contributed by atoms with Crippen LogP contribution in [-0.2, 0) is 4.79 Å². The quantitative estimate of drug-likeness (QED) is 0.525. The Morgan fingerprint density at radius 1 is 1.70 bits per heavy atom. The van der Waals surface area contributed by atoms with Crippen molar-refractivity contribution in [2.75, 3.05) is 20.2 Å². The molecule has 1 N–H and O–H groups in total. The van der Waals surface area contributed by atoms with E-state index in [1.807, 2.05) is 0 Å². The second-order valence-electron chi connectivity index (χ2n) is 1.83. The van der Waals surface area contributed by atoms with E-state index < -0.39 is 0 Å². The third-order valence-corrected chi connectivity index (χ3v) is 1.01. The van der Waals surface area contributed by atoms with Crippen molar-refractivity contribution in [3.8, 4) is 11.8 Å². The van der Waals surface area contributed by atoms with Gasteiger partial charge in [0.15, 0.2) is 0 Å². The number of aliphatic hydroxyl groups excluding tert-OH is 1. The minimum Gasteiger partial charge on any atom is -0.395 e. The molecule has 0 aliphatic rings. The largest absolute Gasteiger partial charge is 0.395 e. The molecule has 0 unspecified atom stereocenters. The number of rotatable bonds is 2. The zero-order valence-electron chi connectivity index (χ0n) is 6.22. The van der Waals surface area contributed by atoms with Gasteiger partial charge in [0.1, 0.15) is 0 Å². The first-order chi connectivity index (χ1) is 4.72. The van der Waals surface area contributed by atoms with Gasteiger partial charge in [-0.1, -0.05) is 5.92 Å². The van der Waals surface area contributed by atoms with Gasteiger partial charge in [-0.3, -0.25) is 4.79 Å². The topological polar surface area (TPSA) is 40.5 Å². The van der Waals surface area contributed by atoms with Gasteiger partial charge in [-0.25, -0.2) is 0 Å². The van der Waals surface area contributed by atoms with Crippen LogP contribution >= 0.6 is 0 Å². The Kier molecular flexibility index (Phi) is 4.34. The van der Waals surface area contributed by atoms with Crippen molar-refractivity contribution in [3.63, 3.8) is 0 Å². The van der Waals surface area contributed by atoms with Crippen LogP contribution in [0.15, 0.2) is 0 Å². The van der Waals surface area contributed by atoms with Crippen molar-refractivity contribution in [1.82, 2.24) is 4.90 Å². The van der Waals surface area contributed by atoms with E-state index in [0.717, 1.165) is 0 Å². The molecule has 0 aromatic carbocycles. The molecule has 0 rings (SSSR count). The first kappa shape index (κ1) is 8.99. The summed E-state index contributed by atoms with van der Waals surface area (Å²) in [6, 6.07) is 0. The van der Waals surface area contributed by atoms with Gasteiger partial charge in [-0.2, -0.15) is 0 Å². The summed E-state index contributed by atoms with van der Waals surface area (Å²) in [7, 11) is 1.60. The Morgan fingerprint density at radius 3 is 2.70 bits per heavy atom. The normalized spacial score (nSPS) is 7.90. The number of likely N-dealkylation sites (N-methyl/N-ethyl adjacent to an activating group) is 1. The molecule has 0 saturated carbocycles. The van der Waals surface area contributed by atoms with E-state index in [1.165, 1.54) is 4.90 Å². The summed E-state index contributed by atoms with van der Waals surface area (Å²) in [5.74, 6) is 4.59. The van der Waals surface area contributed by atoms with Crippen LogP contribution in [0.4, 0.5) is 0 Å². The highest BCUT2D eigenvalue weighted by Crippen LogP contribution is 1.80. The Morgan fingerprint density at radius 2 is 2.30 bits per heavy atom. The first-order valence-corrected chi connectivity index (χ1v) is 3.01. The van der Waals surface area contributed by atoms with Crippen LogP contribution in [0, 0.1) is 11.8 Å². The van der Waals surface area contributed by atoms with Gasteiger partial charge >= 0.3 is 0 Å². The van der Waals surface area contributed by atoms with Crippen molar-refractivity contribution in [2.24, 2.45) is 0 Å². The second kappa shape index (κ2) is 4.83. The lowest BCUT2D eigenvalue weighted by atomic mass is 10.5. The third-order valence-electron chi connectivity index (χ3n) is 1.01. The van der Waals surface area contributed by atoms with Crippen LogP contribution in [0.1, 0.15) is 6.92 Å². The highest BCUT2D eigenvalue weighted by atomic mass is 16.3. The standard InChI is InChI=1S/C7H11NO2/c1-3-4-7(10)8(2)5-6-9/h9H,5-6H2,1-2H3. The molecule has 1 amide bonds. The molecule has 0 bridgehead atoms. The molecule has 0 saturated heterocycles. The SMILES string of the molecule is CC#CC(=O)N(C)CCO. The van der Waals surface area contributed by atoms with Crippen molar-refractivity contribution in [2.45, 2.75) is 6.92 Å². The van der Waals surface area contributed by atoms with E-state index in [1.54, 1.807) is 14.0 Å². The Hall–Kier alpha value is -1.01. The molecule has 0 aromatic rings. The summed E-state index contributed by atoms with van der Waals surface area (Å²) < 4.78 is 0. The number of carbonyl (C=O) groups excluding carboxylic acids is 1. The minimum absolute atomic E-state index is 0.0202. The first-order valence-electron chi connectivity index (χ1n) is 3.01. The highest BCUT2D eigenvalue weighted by Gasteiger charge is 2.01. The summed E-state index contributed by atoms with van der Waals surface area (Å²) in [6.07, 6.45) is 0. The third kappa shape index (κ3) is 3.10. The predicted octanol–water partition coefficient (Wildman–Crippen LogP) is -0.540. The minimum atomic E-state index is -0.253. The van der Waals surface area contributed by atoms with E-state index in [4.69, 9.17) is 5.11 Å². The van der Waals surface area contributed by atoms with Gasteiger partial charge in [0.2, 0.25) is 0 Å². The van der Waals surface area contributed by atoms with Crippen LogP contribution < -0.4 is 0 Å². The fourth-order valence-electron chi connectivity index (χ4n) is 0.454. The maximum atomic E-state index is 10.8. The van der Waals surface area contributed by atoms with E-state index in [0.29, 0.717) is 6.54 Å². The number of hydrogen-bond donors (Lipinski definition) is 1. The molecule has 3 heteroatoms. The number of amides is 1. The summed E-state index contributed by atoms with van der Waals surface area (Å²) in [6.45, 7) is 1.92. The van der Waals surface area contributed by atoms with Crippen LogP contribution in [0.2, 0.25) is 0 Å². The lowest BCUT2D eigenvalue weighted by molar-refractivity contribution is -0.124. The summed E-state index contributed by atoms with van der Waals surface area (Å²) in [5.41, 5.74) is 0. The molecule has 0 radical (unpaired) electrons. The Balaban J connectivity index is 3.78. The molecule has 0 fully saturated rings. The molecule has 0 aromatic heterocycles. The van der Waals surface area contributed by atoms with Gasteiger partial charge < -0.3 is 10.0 Å². The lowest BCUT2D eigenvalue weighted by Gasteiger charge is -2.10. The summed E-state index contributed by atoms with van der Waals surface area (Å²) >= 11 is 0. The molecule has 0 spiro atoms. The van der Waals surface area contributed by atoms with Gasteiger partial charge in [-0.05, 0) is 12.8 Å². The average molecular weight is 141 g/mol. The summed E-state index contributed by atoms with van der Waals surface area (Å²) in [4.78, 5) is 12.1. The smallest absolute Gasteiger partial charge is 0.298 e. The predicted molar refractivity (Wildman–Crippen MR) is 38.2 cm³/mol. The Labute approximate surface area is 60.6 Å². The van der Waals surface area contributed by atoms with Crippen molar-refractivity contribution < 1.29 is 9.90 Å². The van der Waals surface area contributed by atoms with E-state index in [-0.39, 0.29) is 12.5 Å². The van der Waals surface area contributed by atoms with Gasteiger partial charge in [-0.15, -0.1) is 0 Å². The van der Waals surface area contributed by atoms with E-state index in [9.17, 15) is 4.79 Å². The number of carbonyl (C=O) groups is 1. The van der Waals surface area contributed by atoms with Gasteiger partial charge in [0, 0.05) is 13.6 Å². The molecule has 0 aliphatic heterocycles. The van der Waals surface area contributed by atoms with Crippen molar-refractivity contribution in [3.05, 3.63) is 0 Å². The van der Waals surface area contributed by atoms with Crippen LogP contribution in [0.25, 0.3) is 0 Å². The molecule has 0 aliphatic carbocycles. The number of nitrogens with zero attached hydrogens (tertiary/aromatic N) is 1. The van der Waals surface area contributed by atoms with Crippen LogP contribution in [0.3, 0.4) is 0 Å². The second-order valence-corrected chi connectivity index (χ2v) is 1.83. The maximum Gasteiger partial charge on any atom is 0.298 e. The molecule has 3 nitrogen and oxygen atoms in total. The van der Waals surface area contributed by atoms with Crippen LogP contribution in [-0.4, -0.2) is 36.1 Å². The Bertz CT molecular complexity index is 166. The zero-order chi connectivity index (χ0) is 7.98. The van der Waals surface area contributed by atoms with Crippen molar-refractivity contribution in [1.29, 1.82) is 0 Å². The maximum absolute atomic E-state index is 10.8. The molecular formula is C7H11NO2. The molecule has 56 valence electrons. The highest BCUT2D eigenvalue weighted by molar-refractivity contribution is 5.93. The number of hydrogen-bond acceptors (Lipinski definition) is 2. The fraction of sp³-hybridized carbons (Fsp3) is 0.571. The molecular weight excluding hydrogens is 130 g/mol. The molecule has 10 heavy (non-hydrogen) atoms. The van der Waals surface area contributed by atoms with Gasteiger partial charge in [0.25, 0.3) is 5.91 Å². The zero-order valence-corrected chi connectivity index (χ0v) is 6.22. The molecule has 0 heterocycles. The fourth-order valence-corrected chi connectivity index (χ4v) is 0.454. The van der Waals surface area contributed by atoms with Crippen molar-refractivity contribution >= 4 is 5.91 Å². The molecule has 0 atom stereocenters. The van der Waals surface area contributed by atoms with Crippen LogP contribution in [0.5, 0.6) is 0 Å². The average Bonchev–Trinajstić information content (AvgIpc) is 1.89. The van der Waals surface area contributed by atoms with Gasteiger partial charge in [0.05, 0.1) is 6.61 Å². The summed E-state index contributed by atoms with van der Waals surface area (Å²) in [5, 5.41) is 8.41. The number of aliphatic hydroxyl groups is 1. The van der Waals surface area contributed by atoms with E-state index in [2.05, 4.69) is 11.8 Å². The monoisotopic (exact) mass is 141 g/mol.